The molecular formula is C11H24N2O. The minimum atomic E-state index is 0.340. The fourth-order valence-corrected chi connectivity index (χ4v) is 1.81. The highest BCUT2D eigenvalue weighted by atomic mass is 16.2. The van der Waals surface area contributed by atoms with E-state index in [4.69, 9.17) is 10.8 Å². The van der Waals surface area contributed by atoms with Gasteiger partial charge in [-0.3, -0.25) is 0 Å². The molecule has 0 unspecified atom stereocenters. The van der Waals surface area contributed by atoms with E-state index in [0.29, 0.717) is 6.61 Å². The van der Waals surface area contributed by atoms with E-state index in [0.717, 1.165) is 31.8 Å². The lowest BCUT2D eigenvalue weighted by atomic mass is 10.2. The summed E-state index contributed by atoms with van der Waals surface area (Å²) in [6.07, 6.45) is 7.21. The first-order chi connectivity index (χ1) is 6.88. The van der Waals surface area contributed by atoms with E-state index in [1.54, 1.807) is 0 Å². The maximum absolute atomic E-state index is 8.66. The van der Waals surface area contributed by atoms with Crippen molar-refractivity contribution in [3.63, 3.8) is 0 Å². The minimum Gasteiger partial charge on any atom is -0.396 e. The Balaban J connectivity index is 2.02. The zero-order chi connectivity index (χ0) is 10.2. The third-order valence-corrected chi connectivity index (χ3v) is 2.82. The molecule has 1 fully saturated rings. The fourth-order valence-electron chi connectivity index (χ4n) is 1.81. The number of aliphatic hydroxyl groups is 1. The quantitative estimate of drug-likeness (QED) is 0.545. The summed E-state index contributed by atoms with van der Waals surface area (Å²) in [6, 6.07) is 0.857. The Morgan fingerprint density at radius 2 is 1.79 bits per heavy atom. The molecule has 0 saturated heterocycles. The first kappa shape index (κ1) is 12.0. The number of hydrogen-bond acceptors (Lipinski definition) is 3. The molecule has 1 aliphatic rings. The lowest BCUT2D eigenvalue weighted by Gasteiger charge is -2.21. The number of nitrogens with zero attached hydrogens (tertiary/aromatic N) is 1. The Morgan fingerprint density at radius 3 is 2.36 bits per heavy atom. The maximum Gasteiger partial charge on any atom is 0.0431 e. The third-order valence-electron chi connectivity index (χ3n) is 2.82. The lowest BCUT2D eigenvalue weighted by Crippen LogP contribution is -2.29. The summed E-state index contributed by atoms with van der Waals surface area (Å²) in [5.74, 6) is 0. The smallest absolute Gasteiger partial charge is 0.0431 e. The van der Waals surface area contributed by atoms with Gasteiger partial charge in [0.1, 0.15) is 0 Å². The molecule has 0 aromatic heterocycles. The Bertz CT molecular complexity index is 137. The van der Waals surface area contributed by atoms with Gasteiger partial charge in [-0.2, -0.15) is 0 Å². The molecule has 0 aliphatic heterocycles. The van der Waals surface area contributed by atoms with Crippen LogP contribution in [0, 0.1) is 0 Å². The summed E-state index contributed by atoms with van der Waals surface area (Å²) in [7, 11) is 0. The zero-order valence-corrected chi connectivity index (χ0v) is 9.12. The van der Waals surface area contributed by atoms with Crippen molar-refractivity contribution >= 4 is 0 Å². The van der Waals surface area contributed by atoms with Gasteiger partial charge in [-0.1, -0.05) is 0 Å². The summed E-state index contributed by atoms with van der Waals surface area (Å²) < 4.78 is 0. The minimum absolute atomic E-state index is 0.340. The van der Waals surface area contributed by atoms with Crippen LogP contribution in [0.4, 0.5) is 0 Å². The third kappa shape index (κ3) is 4.94. The van der Waals surface area contributed by atoms with E-state index in [1.165, 1.54) is 32.4 Å². The zero-order valence-electron chi connectivity index (χ0n) is 9.12. The Hall–Kier alpha value is -0.120. The molecule has 0 radical (unpaired) electrons. The normalized spacial score (nSPS) is 16.5. The van der Waals surface area contributed by atoms with Crippen LogP contribution in [0.1, 0.15) is 38.5 Å². The highest BCUT2D eigenvalue weighted by Gasteiger charge is 2.27. The predicted octanol–water partition coefficient (Wildman–Crippen LogP) is 0.962. The molecule has 0 bridgehead atoms. The van der Waals surface area contributed by atoms with Crippen LogP contribution in [0.3, 0.4) is 0 Å². The summed E-state index contributed by atoms with van der Waals surface area (Å²) in [5, 5.41) is 8.66. The van der Waals surface area contributed by atoms with E-state index >= 15 is 0 Å². The monoisotopic (exact) mass is 200 g/mol. The van der Waals surface area contributed by atoms with Gasteiger partial charge >= 0.3 is 0 Å². The molecule has 1 saturated carbocycles. The molecule has 0 heterocycles. The molecule has 84 valence electrons. The molecular weight excluding hydrogens is 176 g/mol. The number of rotatable bonds is 9. The van der Waals surface area contributed by atoms with E-state index in [2.05, 4.69) is 4.90 Å². The molecule has 0 aromatic rings. The predicted molar refractivity (Wildman–Crippen MR) is 59.2 cm³/mol. The van der Waals surface area contributed by atoms with Crippen molar-refractivity contribution in [2.45, 2.75) is 44.6 Å². The van der Waals surface area contributed by atoms with Crippen LogP contribution in [0.15, 0.2) is 0 Å². The molecule has 1 aliphatic carbocycles. The van der Waals surface area contributed by atoms with Crippen LogP contribution in [0.5, 0.6) is 0 Å². The van der Waals surface area contributed by atoms with Crippen LogP contribution in [-0.2, 0) is 0 Å². The molecule has 3 heteroatoms. The largest absolute Gasteiger partial charge is 0.396 e. The second-order valence-electron chi connectivity index (χ2n) is 4.19. The van der Waals surface area contributed by atoms with Crippen molar-refractivity contribution in [3.8, 4) is 0 Å². The highest BCUT2D eigenvalue weighted by molar-refractivity contribution is 4.84. The van der Waals surface area contributed by atoms with Crippen LogP contribution in [0.2, 0.25) is 0 Å². The molecule has 0 atom stereocenters. The number of unbranched alkanes of at least 4 members (excludes halogenated alkanes) is 2. The number of nitrogens with two attached hydrogens (primary N) is 1. The van der Waals surface area contributed by atoms with Gasteiger partial charge < -0.3 is 15.7 Å². The van der Waals surface area contributed by atoms with Gasteiger partial charge in [0.05, 0.1) is 0 Å². The Labute approximate surface area is 87.3 Å². The van der Waals surface area contributed by atoms with Crippen molar-refractivity contribution < 1.29 is 5.11 Å². The van der Waals surface area contributed by atoms with Crippen LogP contribution < -0.4 is 5.73 Å². The first-order valence-corrected chi connectivity index (χ1v) is 5.93. The van der Waals surface area contributed by atoms with E-state index < -0.39 is 0 Å². The summed E-state index contributed by atoms with van der Waals surface area (Å²) in [6.45, 7) is 3.51. The second kappa shape index (κ2) is 7.21. The van der Waals surface area contributed by atoms with Crippen LogP contribution in [0.25, 0.3) is 0 Å². The van der Waals surface area contributed by atoms with Gasteiger partial charge in [-0.15, -0.1) is 0 Å². The topological polar surface area (TPSA) is 49.5 Å². The first-order valence-electron chi connectivity index (χ1n) is 5.93. The van der Waals surface area contributed by atoms with Gasteiger partial charge in [-0.05, 0) is 58.2 Å². The second-order valence-corrected chi connectivity index (χ2v) is 4.19. The van der Waals surface area contributed by atoms with E-state index in [-0.39, 0.29) is 0 Å². The van der Waals surface area contributed by atoms with Crippen LogP contribution >= 0.6 is 0 Å². The molecule has 14 heavy (non-hydrogen) atoms. The Kier molecular flexibility index (Phi) is 6.15. The number of hydrogen-bond donors (Lipinski definition) is 2. The summed E-state index contributed by atoms with van der Waals surface area (Å²) >= 11 is 0. The average molecular weight is 200 g/mol. The Morgan fingerprint density at radius 1 is 1.07 bits per heavy atom. The summed E-state index contributed by atoms with van der Waals surface area (Å²) in [4.78, 5) is 2.57. The van der Waals surface area contributed by atoms with Gasteiger partial charge in [0.15, 0.2) is 0 Å². The average Bonchev–Trinajstić information content (AvgIpc) is 3.00. The SMILES string of the molecule is NCCCN(CCCCCO)C1CC1. The van der Waals surface area contributed by atoms with Gasteiger partial charge in [0.2, 0.25) is 0 Å². The molecule has 3 N–H and O–H groups in total. The van der Waals surface area contributed by atoms with Crippen molar-refractivity contribution in [1.29, 1.82) is 0 Å². The summed E-state index contributed by atoms with van der Waals surface area (Å²) in [5.41, 5.74) is 5.51. The highest BCUT2D eigenvalue weighted by Crippen LogP contribution is 2.27. The van der Waals surface area contributed by atoms with Crippen molar-refractivity contribution in [1.82, 2.24) is 4.90 Å². The van der Waals surface area contributed by atoms with Gasteiger partial charge in [0.25, 0.3) is 0 Å². The van der Waals surface area contributed by atoms with Gasteiger partial charge in [0, 0.05) is 12.6 Å². The van der Waals surface area contributed by atoms with Crippen molar-refractivity contribution in [2.24, 2.45) is 5.73 Å². The molecule has 3 nitrogen and oxygen atoms in total. The maximum atomic E-state index is 8.66. The lowest BCUT2D eigenvalue weighted by molar-refractivity contribution is 0.244. The van der Waals surface area contributed by atoms with Crippen LogP contribution in [-0.4, -0.2) is 42.3 Å². The standard InChI is InChI=1S/C11H24N2O/c12-7-4-9-13(11-5-6-11)8-2-1-3-10-14/h11,14H,1-10,12H2. The molecule has 1 rings (SSSR count). The molecule has 0 aromatic carbocycles. The van der Waals surface area contributed by atoms with E-state index in [1.807, 2.05) is 0 Å². The van der Waals surface area contributed by atoms with Gasteiger partial charge in [-0.25, -0.2) is 0 Å². The molecule has 0 amide bonds. The fraction of sp³-hybridized carbons (Fsp3) is 1.00. The number of aliphatic hydroxyl groups excluding tert-OH is 1. The molecule has 0 spiro atoms. The van der Waals surface area contributed by atoms with Crippen molar-refractivity contribution in [2.75, 3.05) is 26.2 Å². The van der Waals surface area contributed by atoms with E-state index in [9.17, 15) is 0 Å². The van der Waals surface area contributed by atoms with Crippen molar-refractivity contribution in [3.05, 3.63) is 0 Å².